The van der Waals surface area contributed by atoms with Gasteiger partial charge in [-0.05, 0) is 136 Å². The molecule has 2 aliphatic carbocycles. The zero-order valence-electron chi connectivity index (χ0n) is 55.7. The summed E-state index contributed by atoms with van der Waals surface area (Å²) in [6.07, 6.45) is 4.30. The van der Waals surface area contributed by atoms with Gasteiger partial charge in [-0.3, -0.25) is 47.8 Å². The average molecular weight is 1370 g/mol. The largest absolute Gasteiger partial charge is 0.378 e. The van der Waals surface area contributed by atoms with Crippen molar-refractivity contribution in [3.63, 3.8) is 0 Å². The van der Waals surface area contributed by atoms with E-state index < -0.39 is 56.5 Å². The number of amides is 6. The number of nitrogens with one attached hydrogen (secondary N) is 2. The van der Waals surface area contributed by atoms with E-state index in [0.29, 0.717) is 88.0 Å². The van der Waals surface area contributed by atoms with Crippen LogP contribution in [-0.2, 0) is 84.2 Å². The molecule has 2 aromatic heterocycles. The van der Waals surface area contributed by atoms with Gasteiger partial charge in [0.05, 0.1) is 36.2 Å². The van der Waals surface area contributed by atoms with E-state index in [1.807, 2.05) is 104 Å². The molecule has 0 spiro atoms. The molecule has 24 heteroatoms. The number of hydrogen-bond acceptors (Lipinski definition) is 14. The standard InChI is InChI=1S/2C30H38N4O4.2C6H6O3S.CH4/c2*1-5-18(2)26-28(35)32-25(23-16-21-8-6-7-9-22(21)17-23)29(36)34(26)27(24-11-10-19(3)31-20(24)4)30(37)33-12-14-38-15-13-33;2*7-10(8,9)6-4-2-1-3-5-6;/h2*6-11,18,23,25-27H,5,12-17H2,1-4H3,(H,32,35);2*1-5H,(H,7,8,9);1H4/t2*18-,25?,26+,27+;;;/m00.../s1. The van der Waals surface area contributed by atoms with Gasteiger partial charge in [0.15, 0.2) is 0 Å². The first kappa shape index (κ1) is 74.5. The Balaban J connectivity index is 0.000000191. The van der Waals surface area contributed by atoms with Crippen LogP contribution in [0.1, 0.15) is 116 Å². The predicted molar refractivity (Wildman–Crippen MR) is 366 cm³/mol. The molecule has 6 aromatic rings. The SMILES string of the molecule is C.CC[C@H](C)[C@@H]1C(=O)NC(C2Cc3ccccc3C2)C(=O)N1[C@@H](C(=O)N1CCOCC1)c1ccc(C)nc1C.CC[C@H](C)[C@@H]1C(=O)NC(C2Cc3ccccc3C2)C(=O)N1[C@@H](C(=O)N1CCOCC1)c1ccc(C)nc1C.O=S(=O)(O)c1ccccc1.O=S(=O)(O)c1ccccc1. The van der Waals surface area contributed by atoms with Crippen molar-refractivity contribution in [2.75, 3.05) is 52.6 Å². The van der Waals surface area contributed by atoms with Crippen LogP contribution in [0.2, 0.25) is 0 Å². The van der Waals surface area contributed by atoms with Gasteiger partial charge < -0.3 is 39.7 Å². The lowest BCUT2D eigenvalue weighted by Gasteiger charge is -2.47. The van der Waals surface area contributed by atoms with Gasteiger partial charge in [-0.1, -0.05) is 145 Å². The molecule has 6 amide bonds. The Labute approximate surface area is 570 Å². The van der Waals surface area contributed by atoms with Crippen molar-refractivity contribution in [3.8, 4) is 0 Å². The molecule has 6 aliphatic rings. The number of aromatic nitrogens is 2. The van der Waals surface area contributed by atoms with Gasteiger partial charge in [0.25, 0.3) is 20.2 Å². The normalized spacial score (nSPS) is 20.9. The topological polar surface area (TPSA) is 292 Å². The highest BCUT2D eigenvalue weighted by Gasteiger charge is 2.54. The first-order chi connectivity index (χ1) is 45.8. The minimum atomic E-state index is -4.00. The summed E-state index contributed by atoms with van der Waals surface area (Å²) >= 11 is 0. The zero-order chi connectivity index (χ0) is 69.2. The van der Waals surface area contributed by atoms with Crippen molar-refractivity contribution >= 4 is 55.7 Å². The van der Waals surface area contributed by atoms with E-state index in [2.05, 4.69) is 44.9 Å². The highest BCUT2D eigenvalue weighted by molar-refractivity contribution is 7.86. The maximum atomic E-state index is 14.5. The van der Waals surface area contributed by atoms with Gasteiger partial charge in [0.2, 0.25) is 35.4 Å². The molecule has 8 atom stereocenters. The molecule has 4 fully saturated rings. The van der Waals surface area contributed by atoms with E-state index in [4.69, 9.17) is 18.6 Å². The number of hydrogen-bond donors (Lipinski definition) is 4. The number of nitrogens with zero attached hydrogens (tertiary/aromatic N) is 6. The number of ether oxygens (including phenoxy) is 2. The number of pyridine rings is 2. The Kier molecular flexibility index (Phi) is 25.2. The molecule has 0 radical (unpaired) electrons. The number of rotatable bonds is 14. The molecule has 97 heavy (non-hydrogen) atoms. The van der Waals surface area contributed by atoms with Gasteiger partial charge in [0.1, 0.15) is 36.3 Å². The molecule has 12 rings (SSSR count). The van der Waals surface area contributed by atoms with Crippen LogP contribution in [0.15, 0.2) is 143 Å². The molecule has 4 aromatic carbocycles. The van der Waals surface area contributed by atoms with E-state index in [1.165, 1.54) is 46.5 Å². The maximum absolute atomic E-state index is 14.5. The Hall–Kier alpha value is -8.26. The lowest BCUT2D eigenvalue weighted by atomic mass is 9.85. The lowest BCUT2D eigenvalue weighted by Crippen LogP contribution is -2.68. The minimum Gasteiger partial charge on any atom is -0.378 e. The van der Waals surface area contributed by atoms with Crippen LogP contribution in [0.3, 0.4) is 0 Å². The van der Waals surface area contributed by atoms with Crippen LogP contribution < -0.4 is 10.6 Å². The van der Waals surface area contributed by atoms with Gasteiger partial charge >= 0.3 is 0 Å². The minimum absolute atomic E-state index is 0. The number of aryl methyl sites for hydroxylation is 4. The first-order valence-corrected chi connectivity index (χ1v) is 35.7. The smallest absolute Gasteiger partial charge is 0.294 e. The Morgan fingerprint density at radius 2 is 0.794 bits per heavy atom. The van der Waals surface area contributed by atoms with E-state index in [1.54, 1.807) is 56.0 Å². The predicted octanol–water partition coefficient (Wildman–Crippen LogP) is 8.01. The molecule has 520 valence electrons. The number of benzene rings is 4. The fraction of sp³-hybridized carbons (Fsp3) is 0.452. The zero-order valence-corrected chi connectivity index (χ0v) is 57.3. The van der Waals surface area contributed by atoms with Crippen molar-refractivity contribution in [1.82, 2.24) is 40.2 Å². The molecule has 22 nitrogen and oxygen atoms in total. The van der Waals surface area contributed by atoms with Crippen LogP contribution in [0.25, 0.3) is 0 Å². The molecule has 4 aliphatic heterocycles. The monoisotopic (exact) mass is 1370 g/mol. The second-order valence-electron chi connectivity index (χ2n) is 25.5. The molecule has 4 saturated heterocycles. The summed E-state index contributed by atoms with van der Waals surface area (Å²) in [5.41, 5.74) is 9.30. The summed E-state index contributed by atoms with van der Waals surface area (Å²) in [5, 5.41) is 6.19. The van der Waals surface area contributed by atoms with Crippen LogP contribution in [-0.4, -0.2) is 168 Å². The van der Waals surface area contributed by atoms with Gasteiger partial charge in [-0.25, -0.2) is 0 Å². The summed E-state index contributed by atoms with van der Waals surface area (Å²) in [7, 11) is -8.01. The second-order valence-corrected chi connectivity index (χ2v) is 28.4. The van der Waals surface area contributed by atoms with Gasteiger partial charge in [-0.2, -0.15) is 16.8 Å². The number of fused-ring (bicyclic) bond motifs is 2. The molecule has 6 heterocycles. The van der Waals surface area contributed by atoms with Crippen molar-refractivity contribution in [3.05, 3.63) is 190 Å². The number of carbonyl (C=O) groups is 6. The van der Waals surface area contributed by atoms with E-state index in [9.17, 15) is 45.6 Å². The Bertz CT molecular complexity index is 3690. The van der Waals surface area contributed by atoms with Crippen molar-refractivity contribution in [2.45, 2.75) is 147 Å². The fourth-order valence-electron chi connectivity index (χ4n) is 13.7. The highest BCUT2D eigenvalue weighted by Crippen LogP contribution is 2.40. The highest BCUT2D eigenvalue weighted by atomic mass is 32.2. The summed E-state index contributed by atoms with van der Waals surface area (Å²) < 4.78 is 69.5. The van der Waals surface area contributed by atoms with E-state index in [0.717, 1.165) is 37.1 Å². The molecule has 0 saturated carbocycles. The van der Waals surface area contributed by atoms with Crippen molar-refractivity contribution in [1.29, 1.82) is 0 Å². The molecular formula is C73H92N8O14S2. The van der Waals surface area contributed by atoms with Crippen molar-refractivity contribution in [2.24, 2.45) is 23.7 Å². The van der Waals surface area contributed by atoms with Gasteiger partial charge in [0, 0.05) is 60.1 Å². The fourth-order valence-corrected chi connectivity index (χ4v) is 14.7. The third-order valence-corrected chi connectivity index (χ3v) is 20.9. The Morgan fingerprint density at radius 1 is 0.495 bits per heavy atom. The van der Waals surface area contributed by atoms with Crippen LogP contribution in [0.4, 0.5) is 0 Å². The lowest BCUT2D eigenvalue weighted by molar-refractivity contribution is -0.163. The maximum Gasteiger partial charge on any atom is 0.294 e. The molecule has 0 bridgehead atoms. The van der Waals surface area contributed by atoms with E-state index >= 15 is 0 Å². The van der Waals surface area contributed by atoms with Gasteiger partial charge in [-0.15, -0.1) is 0 Å². The second kappa shape index (κ2) is 32.9. The molecule has 4 N–H and O–H groups in total. The number of morpholine rings is 2. The molecule has 2 unspecified atom stereocenters. The quantitative estimate of drug-likeness (QED) is 0.0751. The number of carbonyl (C=O) groups excluding carboxylic acids is 6. The van der Waals surface area contributed by atoms with Crippen LogP contribution in [0, 0.1) is 51.4 Å². The van der Waals surface area contributed by atoms with E-state index in [-0.39, 0.29) is 76.3 Å². The summed E-state index contributed by atoms with van der Waals surface area (Å²) in [4.78, 5) is 101. The summed E-state index contributed by atoms with van der Waals surface area (Å²) in [6, 6.07) is 34.1. The number of piperazine rings is 2. The third-order valence-electron chi connectivity index (χ3n) is 19.1. The Morgan fingerprint density at radius 3 is 1.06 bits per heavy atom. The summed E-state index contributed by atoms with van der Waals surface area (Å²) in [5.74, 6) is -1.44. The third kappa shape index (κ3) is 17.5. The average Bonchev–Trinajstić information content (AvgIpc) is 1.70. The van der Waals surface area contributed by atoms with Crippen LogP contribution in [0.5, 0.6) is 0 Å². The first-order valence-electron chi connectivity index (χ1n) is 32.9. The molecular weight excluding hydrogens is 1280 g/mol. The van der Waals surface area contributed by atoms with Crippen molar-refractivity contribution < 1.29 is 64.2 Å². The summed E-state index contributed by atoms with van der Waals surface area (Å²) in [6.45, 7) is 19.2. The van der Waals surface area contributed by atoms with Crippen LogP contribution >= 0.6 is 0 Å².